The number of anilines is 1. The smallest absolute Gasteiger partial charge is 0.147 e. The molecule has 0 bridgehead atoms. The van der Waals surface area contributed by atoms with Gasteiger partial charge >= 0.3 is 0 Å². The summed E-state index contributed by atoms with van der Waals surface area (Å²) in [4.78, 5) is 8.84. The van der Waals surface area contributed by atoms with E-state index in [0.29, 0.717) is 5.02 Å². The summed E-state index contributed by atoms with van der Waals surface area (Å²) in [5.41, 5.74) is 0. The standard InChI is InChI=1S/C12H18ClN3O/c13-11-3-1-4-14-12(11)16-6-2-5-15(7-8-16)9-10-17/h1,3-4,17H,2,5-10H2. The van der Waals surface area contributed by atoms with Crippen LogP contribution in [0.5, 0.6) is 0 Å². The first kappa shape index (κ1) is 12.6. The maximum absolute atomic E-state index is 8.95. The lowest BCUT2D eigenvalue weighted by Crippen LogP contribution is -2.32. The molecule has 0 atom stereocenters. The first-order valence-electron chi connectivity index (χ1n) is 6.00. The van der Waals surface area contributed by atoms with Crippen LogP contribution in [0, 0.1) is 0 Å². The quantitative estimate of drug-likeness (QED) is 0.882. The van der Waals surface area contributed by atoms with Crippen molar-refractivity contribution in [2.75, 3.05) is 44.2 Å². The van der Waals surface area contributed by atoms with Crippen molar-refractivity contribution in [3.05, 3.63) is 23.4 Å². The molecule has 0 aromatic carbocycles. The molecule has 0 saturated carbocycles. The molecule has 1 saturated heterocycles. The lowest BCUT2D eigenvalue weighted by atomic mass is 10.3. The number of hydrogen-bond donors (Lipinski definition) is 1. The summed E-state index contributed by atoms with van der Waals surface area (Å²) >= 11 is 6.15. The van der Waals surface area contributed by atoms with Crippen molar-refractivity contribution in [2.45, 2.75) is 6.42 Å². The third-order valence-electron chi connectivity index (χ3n) is 3.04. The molecule has 0 aliphatic carbocycles. The highest BCUT2D eigenvalue weighted by molar-refractivity contribution is 6.32. The maximum atomic E-state index is 8.95. The fraction of sp³-hybridized carbons (Fsp3) is 0.583. The van der Waals surface area contributed by atoms with Gasteiger partial charge in [0.1, 0.15) is 5.82 Å². The number of hydrogen-bond acceptors (Lipinski definition) is 4. The Labute approximate surface area is 107 Å². The Kier molecular flexibility index (Phi) is 4.59. The maximum Gasteiger partial charge on any atom is 0.147 e. The second-order valence-electron chi connectivity index (χ2n) is 4.21. The molecular formula is C12H18ClN3O. The highest BCUT2D eigenvalue weighted by atomic mass is 35.5. The van der Waals surface area contributed by atoms with Crippen molar-refractivity contribution in [3.8, 4) is 0 Å². The van der Waals surface area contributed by atoms with Crippen LogP contribution in [0.15, 0.2) is 18.3 Å². The van der Waals surface area contributed by atoms with Gasteiger partial charge in [-0.05, 0) is 25.1 Å². The second-order valence-corrected chi connectivity index (χ2v) is 4.62. The Morgan fingerprint density at radius 3 is 2.94 bits per heavy atom. The minimum atomic E-state index is 0.227. The van der Waals surface area contributed by atoms with E-state index in [1.54, 1.807) is 6.20 Å². The topological polar surface area (TPSA) is 39.6 Å². The molecule has 1 N–H and O–H groups in total. The van der Waals surface area contributed by atoms with Gasteiger partial charge in [-0.25, -0.2) is 4.98 Å². The number of aromatic nitrogens is 1. The van der Waals surface area contributed by atoms with E-state index in [4.69, 9.17) is 16.7 Å². The van der Waals surface area contributed by atoms with Crippen LogP contribution in [0.2, 0.25) is 5.02 Å². The molecule has 1 fully saturated rings. The molecular weight excluding hydrogens is 238 g/mol. The summed E-state index contributed by atoms with van der Waals surface area (Å²) < 4.78 is 0. The summed E-state index contributed by atoms with van der Waals surface area (Å²) in [6.07, 6.45) is 2.85. The van der Waals surface area contributed by atoms with E-state index in [1.807, 2.05) is 12.1 Å². The van der Waals surface area contributed by atoms with E-state index >= 15 is 0 Å². The molecule has 1 aliphatic rings. The fourth-order valence-electron chi connectivity index (χ4n) is 2.16. The van der Waals surface area contributed by atoms with Crippen LogP contribution in [0.1, 0.15) is 6.42 Å². The molecule has 0 unspecified atom stereocenters. The Bertz CT molecular complexity index is 361. The van der Waals surface area contributed by atoms with Crippen molar-refractivity contribution in [2.24, 2.45) is 0 Å². The van der Waals surface area contributed by atoms with E-state index in [-0.39, 0.29) is 6.61 Å². The van der Waals surface area contributed by atoms with Crippen LogP contribution >= 0.6 is 11.6 Å². The molecule has 2 heterocycles. The zero-order valence-corrected chi connectivity index (χ0v) is 10.6. The van der Waals surface area contributed by atoms with Crippen LogP contribution in [0.25, 0.3) is 0 Å². The lowest BCUT2D eigenvalue weighted by molar-refractivity contribution is 0.204. The lowest BCUT2D eigenvalue weighted by Gasteiger charge is -2.23. The number of rotatable bonds is 3. The number of β-amino-alcohol motifs (C(OH)–C–C–N with tert-alkyl or cyclic N) is 1. The highest BCUT2D eigenvalue weighted by Crippen LogP contribution is 2.23. The molecule has 0 spiro atoms. The normalized spacial score (nSPS) is 18.1. The molecule has 2 rings (SSSR count). The number of nitrogens with zero attached hydrogens (tertiary/aromatic N) is 3. The predicted molar refractivity (Wildman–Crippen MR) is 69.6 cm³/mol. The van der Waals surface area contributed by atoms with Gasteiger partial charge in [-0.3, -0.25) is 4.90 Å². The van der Waals surface area contributed by atoms with Crippen molar-refractivity contribution in [1.82, 2.24) is 9.88 Å². The monoisotopic (exact) mass is 255 g/mol. The van der Waals surface area contributed by atoms with Crippen LogP contribution < -0.4 is 4.90 Å². The molecule has 1 aromatic rings. The Balaban J connectivity index is 2.01. The first-order valence-corrected chi connectivity index (χ1v) is 6.38. The number of aliphatic hydroxyl groups is 1. The zero-order valence-electron chi connectivity index (χ0n) is 9.85. The fourth-order valence-corrected chi connectivity index (χ4v) is 2.40. The summed E-state index contributed by atoms with van der Waals surface area (Å²) in [6.45, 7) is 4.85. The highest BCUT2D eigenvalue weighted by Gasteiger charge is 2.17. The Hall–Kier alpha value is -0.840. The van der Waals surface area contributed by atoms with Gasteiger partial charge in [-0.1, -0.05) is 11.6 Å². The minimum absolute atomic E-state index is 0.227. The molecule has 5 heteroatoms. The van der Waals surface area contributed by atoms with E-state index in [2.05, 4.69) is 14.8 Å². The van der Waals surface area contributed by atoms with E-state index in [1.165, 1.54) is 0 Å². The van der Waals surface area contributed by atoms with Crippen molar-refractivity contribution in [1.29, 1.82) is 0 Å². The van der Waals surface area contributed by atoms with E-state index in [0.717, 1.165) is 45.0 Å². The zero-order chi connectivity index (χ0) is 12.1. The summed E-state index contributed by atoms with van der Waals surface area (Å²) in [6, 6.07) is 3.72. The molecule has 4 nitrogen and oxygen atoms in total. The molecule has 0 amide bonds. The molecule has 1 aromatic heterocycles. The third-order valence-corrected chi connectivity index (χ3v) is 3.34. The van der Waals surface area contributed by atoms with Crippen LogP contribution in [0.4, 0.5) is 5.82 Å². The second kappa shape index (κ2) is 6.19. The molecule has 17 heavy (non-hydrogen) atoms. The first-order chi connectivity index (χ1) is 8.31. The number of pyridine rings is 1. The van der Waals surface area contributed by atoms with Gasteiger partial charge in [0.2, 0.25) is 0 Å². The van der Waals surface area contributed by atoms with Crippen molar-refractivity contribution < 1.29 is 5.11 Å². The minimum Gasteiger partial charge on any atom is -0.395 e. The van der Waals surface area contributed by atoms with Gasteiger partial charge in [0.25, 0.3) is 0 Å². The Morgan fingerprint density at radius 2 is 2.18 bits per heavy atom. The Morgan fingerprint density at radius 1 is 1.29 bits per heavy atom. The van der Waals surface area contributed by atoms with Gasteiger partial charge in [-0.2, -0.15) is 0 Å². The summed E-state index contributed by atoms with van der Waals surface area (Å²) in [7, 11) is 0. The van der Waals surface area contributed by atoms with Crippen LogP contribution in [0.3, 0.4) is 0 Å². The van der Waals surface area contributed by atoms with Crippen LogP contribution in [-0.4, -0.2) is 54.3 Å². The molecule has 0 radical (unpaired) electrons. The third kappa shape index (κ3) is 3.31. The van der Waals surface area contributed by atoms with Crippen molar-refractivity contribution in [3.63, 3.8) is 0 Å². The SMILES string of the molecule is OCCN1CCCN(c2ncccc2Cl)CC1. The van der Waals surface area contributed by atoms with E-state index in [9.17, 15) is 0 Å². The predicted octanol–water partition coefficient (Wildman–Crippen LogP) is 1.24. The van der Waals surface area contributed by atoms with Gasteiger partial charge in [0.15, 0.2) is 0 Å². The molecule has 1 aliphatic heterocycles. The number of aliphatic hydroxyl groups excluding tert-OH is 1. The van der Waals surface area contributed by atoms with Crippen molar-refractivity contribution >= 4 is 17.4 Å². The largest absolute Gasteiger partial charge is 0.395 e. The average Bonchev–Trinajstić information content (AvgIpc) is 2.56. The van der Waals surface area contributed by atoms with Gasteiger partial charge in [0, 0.05) is 32.4 Å². The summed E-state index contributed by atoms with van der Waals surface area (Å²) in [5, 5.41) is 9.66. The van der Waals surface area contributed by atoms with Gasteiger partial charge in [-0.15, -0.1) is 0 Å². The van der Waals surface area contributed by atoms with E-state index < -0.39 is 0 Å². The van der Waals surface area contributed by atoms with Gasteiger partial charge < -0.3 is 10.0 Å². The van der Waals surface area contributed by atoms with Crippen LogP contribution in [-0.2, 0) is 0 Å². The summed E-state index contributed by atoms with van der Waals surface area (Å²) in [5.74, 6) is 0.875. The molecule has 94 valence electrons. The average molecular weight is 256 g/mol. The number of halogens is 1. The van der Waals surface area contributed by atoms with Gasteiger partial charge in [0.05, 0.1) is 11.6 Å².